The molecular formula is C17H26NO6+. The largest absolute Gasteiger partial charge is 0.481 e. The number of quaternary nitrogens is 1. The standard InChI is InChI=1S/C17H25NO6/c1-18(2,3)13-14(12-16(21)22)24-17(23)11-9-7-5-4-6-8-10-15(19)20/h4-9,14H,10-13H2,1-3H3,(H-,19,20,21,22)/p+1/b5-4+,8-6+,9-7+. The van der Waals surface area contributed by atoms with Gasteiger partial charge in [0.2, 0.25) is 0 Å². The van der Waals surface area contributed by atoms with Crippen molar-refractivity contribution in [3.8, 4) is 0 Å². The highest BCUT2D eigenvalue weighted by Crippen LogP contribution is 2.06. The molecule has 0 bridgehead atoms. The molecule has 134 valence electrons. The molecular weight excluding hydrogens is 314 g/mol. The zero-order valence-electron chi connectivity index (χ0n) is 14.3. The van der Waals surface area contributed by atoms with Gasteiger partial charge in [0, 0.05) is 0 Å². The normalized spacial score (nSPS) is 13.6. The van der Waals surface area contributed by atoms with Crippen LogP contribution in [0.1, 0.15) is 19.3 Å². The van der Waals surface area contributed by atoms with Crippen LogP contribution < -0.4 is 0 Å². The fraction of sp³-hybridized carbons (Fsp3) is 0.471. The molecule has 0 spiro atoms. The lowest BCUT2D eigenvalue weighted by atomic mass is 10.2. The van der Waals surface area contributed by atoms with E-state index in [0.717, 1.165) is 0 Å². The number of carbonyl (C=O) groups is 3. The summed E-state index contributed by atoms with van der Waals surface area (Å²) < 4.78 is 5.71. The highest BCUT2D eigenvalue weighted by Gasteiger charge is 2.24. The van der Waals surface area contributed by atoms with Gasteiger partial charge in [-0.25, -0.2) is 0 Å². The third kappa shape index (κ3) is 14.5. The van der Waals surface area contributed by atoms with Gasteiger partial charge >= 0.3 is 17.9 Å². The third-order valence-corrected chi connectivity index (χ3v) is 2.63. The van der Waals surface area contributed by atoms with Gasteiger partial charge in [-0.15, -0.1) is 0 Å². The number of rotatable bonds is 11. The molecule has 0 aliphatic carbocycles. The minimum absolute atomic E-state index is 0.0381. The zero-order valence-corrected chi connectivity index (χ0v) is 14.3. The number of allylic oxidation sites excluding steroid dienone is 4. The number of hydrogen-bond acceptors (Lipinski definition) is 4. The van der Waals surface area contributed by atoms with Crippen molar-refractivity contribution in [1.29, 1.82) is 0 Å². The molecule has 2 N–H and O–H groups in total. The van der Waals surface area contributed by atoms with Crippen molar-refractivity contribution in [2.45, 2.75) is 25.4 Å². The van der Waals surface area contributed by atoms with E-state index in [0.29, 0.717) is 11.0 Å². The Balaban J connectivity index is 4.30. The van der Waals surface area contributed by atoms with Crippen molar-refractivity contribution in [2.75, 3.05) is 27.7 Å². The van der Waals surface area contributed by atoms with Crippen molar-refractivity contribution in [3.05, 3.63) is 36.5 Å². The van der Waals surface area contributed by atoms with Crippen molar-refractivity contribution in [1.82, 2.24) is 0 Å². The maximum atomic E-state index is 11.8. The summed E-state index contributed by atoms with van der Waals surface area (Å²) in [7, 11) is 5.68. The molecule has 0 amide bonds. The second kappa shape index (κ2) is 11.2. The molecule has 0 fully saturated rings. The van der Waals surface area contributed by atoms with Crippen LogP contribution >= 0.6 is 0 Å². The lowest BCUT2D eigenvalue weighted by Crippen LogP contribution is -2.43. The summed E-state index contributed by atoms with van der Waals surface area (Å²) in [5.41, 5.74) is 0. The molecule has 0 rings (SSSR count). The molecule has 0 radical (unpaired) electrons. The quantitative estimate of drug-likeness (QED) is 0.337. The number of aliphatic carboxylic acids is 2. The minimum atomic E-state index is -1.01. The Hall–Kier alpha value is -2.41. The van der Waals surface area contributed by atoms with Gasteiger partial charge in [0.05, 0.1) is 40.4 Å². The summed E-state index contributed by atoms with van der Waals surface area (Å²) in [6.07, 6.45) is 8.74. The van der Waals surface area contributed by atoms with E-state index in [2.05, 4.69) is 0 Å². The van der Waals surface area contributed by atoms with Gasteiger partial charge in [-0.1, -0.05) is 36.5 Å². The fourth-order valence-electron chi connectivity index (χ4n) is 1.80. The molecule has 7 nitrogen and oxygen atoms in total. The average molecular weight is 340 g/mol. The van der Waals surface area contributed by atoms with Crippen molar-refractivity contribution >= 4 is 17.9 Å². The third-order valence-electron chi connectivity index (χ3n) is 2.63. The van der Waals surface area contributed by atoms with Gasteiger partial charge in [0.25, 0.3) is 0 Å². The van der Waals surface area contributed by atoms with Crippen LogP contribution in [0.4, 0.5) is 0 Å². The first kappa shape index (κ1) is 21.6. The molecule has 1 atom stereocenters. The van der Waals surface area contributed by atoms with Crippen LogP contribution in [0.3, 0.4) is 0 Å². The number of nitrogens with zero attached hydrogens (tertiary/aromatic N) is 1. The number of carboxylic acids is 2. The molecule has 0 aliphatic heterocycles. The minimum Gasteiger partial charge on any atom is -0.481 e. The number of carbonyl (C=O) groups excluding carboxylic acids is 1. The van der Waals surface area contributed by atoms with E-state index in [-0.39, 0.29) is 19.3 Å². The Kier molecular flexibility index (Phi) is 10.1. The van der Waals surface area contributed by atoms with Crippen LogP contribution in [0.5, 0.6) is 0 Å². The fourth-order valence-corrected chi connectivity index (χ4v) is 1.80. The predicted molar refractivity (Wildman–Crippen MR) is 89.3 cm³/mol. The maximum Gasteiger partial charge on any atom is 0.310 e. The van der Waals surface area contributed by atoms with E-state index >= 15 is 0 Å². The molecule has 0 aliphatic rings. The number of hydrogen-bond donors (Lipinski definition) is 2. The van der Waals surface area contributed by atoms with Crippen LogP contribution in [0.15, 0.2) is 36.5 Å². The monoisotopic (exact) mass is 340 g/mol. The topological polar surface area (TPSA) is 101 Å². The number of likely N-dealkylation sites (N-methyl/N-ethyl adjacent to an activating group) is 1. The molecule has 0 saturated heterocycles. The van der Waals surface area contributed by atoms with E-state index in [1.165, 1.54) is 6.08 Å². The molecule has 0 aromatic carbocycles. The summed E-state index contributed by atoms with van der Waals surface area (Å²) in [6, 6.07) is 0. The molecule has 24 heavy (non-hydrogen) atoms. The van der Waals surface area contributed by atoms with Crippen LogP contribution in [0.25, 0.3) is 0 Å². The summed E-state index contributed by atoms with van der Waals surface area (Å²) in [4.78, 5) is 32.9. The predicted octanol–water partition coefficient (Wildman–Crippen LogP) is 1.61. The number of carboxylic acid groups (broad SMARTS) is 2. The Morgan fingerprint density at radius 3 is 1.92 bits per heavy atom. The van der Waals surface area contributed by atoms with E-state index in [1.54, 1.807) is 30.4 Å². The number of ether oxygens (including phenoxy) is 1. The van der Waals surface area contributed by atoms with Gasteiger partial charge in [0.1, 0.15) is 6.54 Å². The lowest BCUT2D eigenvalue weighted by molar-refractivity contribution is -0.873. The van der Waals surface area contributed by atoms with Crippen LogP contribution in [-0.2, 0) is 19.1 Å². The zero-order chi connectivity index (χ0) is 18.6. The summed E-state index contributed by atoms with van der Waals surface area (Å²) >= 11 is 0. The first-order chi connectivity index (χ1) is 11.1. The second-order valence-corrected chi connectivity index (χ2v) is 6.23. The van der Waals surface area contributed by atoms with Crippen LogP contribution in [0, 0.1) is 0 Å². The molecule has 0 heterocycles. The van der Waals surface area contributed by atoms with Gasteiger partial charge in [-0.3, -0.25) is 14.4 Å². The molecule has 7 heteroatoms. The van der Waals surface area contributed by atoms with Crippen LogP contribution in [0.2, 0.25) is 0 Å². The SMILES string of the molecule is C[N+](C)(C)CC(CC(=O)O)OC(=O)C/C=C/C=C/C=C/CC(=O)O. The van der Waals surface area contributed by atoms with Gasteiger partial charge in [0.15, 0.2) is 6.10 Å². The van der Waals surface area contributed by atoms with Crippen molar-refractivity contribution in [3.63, 3.8) is 0 Å². The Morgan fingerprint density at radius 2 is 1.46 bits per heavy atom. The van der Waals surface area contributed by atoms with Gasteiger partial charge in [-0.2, -0.15) is 0 Å². The van der Waals surface area contributed by atoms with Gasteiger partial charge < -0.3 is 19.4 Å². The highest BCUT2D eigenvalue weighted by atomic mass is 16.5. The van der Waals surface area contributed by atoms with E-state index in [4.69, 9.17) is 14.9 Å². The maximum absolute atomic E-state index is 11.8. The molecule has 0 aromatic heterocycles. The first-order valence-electron chi connectivity index (χ1n) is 7.52. The Labute approximate surface area is 142 Å². The molecule has 0 aromatic rings. The molecule has 0 saturated carbocycles. The Bertz CT molecular complexity index is 514. The van der Waals surface area contributed by atoms with Crippen molar-refractivity contribution in [2.24, 2.45) is 0 Å². The summed E-state index contributed by atoms with van der Waals surface area (Å²) in [5, 5.41) is 17.3. The van der Waals surface area contributed by atoms with Gasteiger partial charge in [-0.05, 0) is 0 Å². The Morgan fingerprint density at radius 1 is 0.917 bits per heavy atom. The highest BCUT2D eigenvalue weighted by molar-refractivity contribution is 5.72. The lowest BCUT2D eigenvalue weighted by Gasteiger charge is -2.28. The summed E-state index contributed by atoms with van der Waals surface area (Å²) in [5.74, 6) is -2.39. The van der Waals surface area contributed by atoms with Crippen molar-refractivity contribution < 1.29 is 33.8 Å². The van der Waals surface area contributed by atoms with Crippen LogP contribution in [-0.4, -0.2) is 66.4 Å². The molecule has 1 unspecified atom stereocenters. The first-order valence-corrected chi connectivity index (χ1v) is 7.52. The smallest absolute Gasteiger partial charge is 0.310 e. The summed E-state index contributed by atoms with van der Waals surface area (Å²) in [6.45, 7) is 0.413. The average Bonchev–Trinajstić information content (AvgIpc) is 2.38. The number of esters is 1. The van der Waals surface area contributed by atoms with E-state index < -0.39 is 24.0 Å². The van der Waals surface area contributed by atoms with E-state index in [9.17, 15) is 14.4 Å². The van der Waals surface area contributed by atoms with E-state index in [1.807, 2.05) is 21.1 Å². The second-order valence-electron chi connectivity index (χ2n) is 6.23.